The number of aryl methyl sites for hydroxylation is 2. The molecule has 0 aliphatic heterocycles. The number of nitrogens with zero attached hydrogens (tertiary/aromatic N) is 4. The molecule has 0 spiro atoms. The third-order valence-electron chi connectivity index (χ3n) is 7.62. The number of para-hydroxylation sites is 1. The zero-order chi connectivity index (χ0) is 33.8. The van der Waals surface area contributed by atoms with E-state index in [9.17, 15) is 9.59 Å². The zero-order valence-electron chi connectivity index (χ0n) is 27.4. The summed E-state index contributed by atoms with van der Waals surface area (Å²) in [5.74, 6) is 0.902. The summed E-state index contributed by atoms with van der Waals surface area (Å²) in [5, 5.41) is 15.6. The number of rotatable bonds is 10. The van der Waals surface area contributed by atoms with E-state index in [1.807, 2.05) is 85.1 Å². The normalized spacial score (nSPS) is 11.5. The molecule has 0 aliphatic rings. The molecular weight excluding hydrogens is 657 g/mol. The lowest BCUT2D eigenvalue weighted by molar-refractivity contribution is -0.114. The Balaban J connectivity index is 1.10. The molecule has 0 aliphatic carbocycles. The number of hydrogen-bond acceptors (Lipinski definition) is 8. The van der Waals surface area contributed by atoms with Gasteiger partial charge in [-0.25, -0.2) is 4.98 Å². The van der Waals surface area contributed by atoms with Crippen molar-refractivity contribution in [3.63, 3.8) is 0 Å². The maximum Gasteiger partial charge on any atom is 0.234 e. The minimum absolute atomic E-state index is 0.0470. The first-order valence-electron chi connectivity index (χ1n) is 15.5. The van der Waals surface area contributed by atoms with Crippen LogP contribution < -0.4 is 10.6 Å². The number of amides is 2. The number of carbonyl (C=O) groups excluding carboxylic acids is 2. The molecule has 0 radical (unpaired) electrons. The quantitative estimate of drug-likeness (QED) is 0.138. The van der Waals surface area contributed by atoms with E-state index in [1.54, 1.807) is 0 Å². The van der Waals surface area contributed by atoms with Gasteiger partial charge < -0.3 is 10.6 Å². The molecule has 4 aromatic carbocycles. The highest BCUT2D eigenvalue weighted by Gasteiger charge is 2.19. The van der Waals surface area contributed by atoms with Gasteiger partial charge in [0.2, 0.25) is 11.8 Å². The first kappa shape index (κ1) is 33.5. The van der Waals surface area contributed by atoms with E-state index in [0.29, 0.717) is 10.8 Å². The second-order valence-corrected chi connectivity index (χ2v) is 15.7. The average Bonchev–Trinajstić information content (AvgIpc) is 3.68. The molecule has 244 valence electrons. The number of fused-ring (bicyclic) bond motifs is 1. The second kappa shape index (κ2) is 14.3. The first-order chi connectivity index (χ1) is 23.0. The fraction of sp³-hybridized carbons (Fsp3) is 0.216. The monoisotopic (exact) mass is 692 g/mol. The fourth-order valence-electron chi connectivity index (χ4n) is 5.12. The van der Waals surface area contributed by atoms with Crippen molar-refractivity contribution in [2.75, 3.05) is 22.1 Å². The molecule has 8 nitrogen and oxygen atoms in total. The lowest BCUT2D eigenvalue weighted by Crippen LogP contribution is -2.14. The summed E-state index contributed by atoms with van der Waals surface area (Å²) in [5.41, 5.74) is 7.68. The van der Waals surface area contributed by atoms with Crippen molar-refractivity contribution in [1.29, 1.82) is 0 Å². The van der Waals surface area contributed by atoms with Crippen LogP contribution in [0.15, 0.2) is 100 Å². The molecule has 2 aromatic heterocycles. The molecule has 11 heteroatoms. The molecule has 2 amide bonds. The van der Waals surface area contributed by atoms with Crippen molar-refractivity contribution < 1.29 is 9.59 Å². The molecular formula is C37H36N6O2S3. The Morgan fingerprint density at radius 3 is 2.27 bits per heavy atom. The van der Waals surface area contributed by atoms with Crippen LogP contribution >= 0.6 is 34.9 Å². The summed E-state index contributed by atoms with van der Waals surface area (Å²) < 4.78 is 3.72. The summed E-state index contributed by atoms with van der Waals surface area (Å²) >= 11 is 4.23. The van der Waals surface area contributed by atoms with Crippen LogP contribution in [0.1, 0.15) is 37.5 Å². The van der Waals surface area contributed by atoms with E-state index in [-0.39, 0.29) is 28.7 Å². The molecule has 0 unspecified atom stereocenters. The fourth-order valence-corrected chi connectivity index (χ4v) is 7.78. The van der Waals surface area contributed by atoms with Crippen molar-refractivity contribution in [2.45, 2.75) is 49.5 Å². The van der Waals surface area contributed by atoms with Crippen LogP contribution in [0.3, 0.4) is 0 Å². The number of aromatic nitrogens is 4. The molecule has 6 rings (SSSR count). The lowest BCUT2D eigenvalue weighted by atomic mass is 9.87. The summed E-state index contributed by atoms with van der Waals surface area (Å²) in [6.07, 6.45) is 0. The Morgan fingerprint density at radius 2 is 1.54 bits per heavy atom. The SMILES string of the molecule is Cc1ccc(NC(=O)CSc2nc3ccc(NC(=O)CSc4nnc(-c5ccc(C(C)(C)C)cc5)n4-c4ccccc4)cc3s2)c(C)c1. The predicted octanol–water partition coefficient (Wildman–Crippen LogP) is 8.92. The molecule has 6 aromatic rings. The molecule has 48 heavy (non-hydrogen) atoms. The van der Waals surface area contributed by atoms with Crippen molar-refractivity contribution in [3.05, 3.63) is 108 Å². The van der Waals surface area contributed by atoms with Gasteiger partial charge in [-0.15, -0.1) is 21.5 Å². The second-order valence-electron chi connectivity index (χ2n) is 12.5. The Hall–Kier alpha value is -4.45. The summed E-state index contributed by atoms with van der Waals surface area (Å²) in [6, 6.07) is 30.0. The number of carbonyl (C=O) groups is 2. The third-order valence-corrected chi connectivity index (χ3v) is 10.7. The molecule has 0 bridgehead atoms. The maximum atomic E-state index is 13.1. The van der Waals surface area contributed by atoms with Crippen LogP contribution in [-0.4, -0.2) is 43.1 Å². The van der Waals surface area contributed by atoms with Crippen molar-refractivity contribution >= 4 is 68.3 Å². The Labute approximate surface area is 292 Å². The van der Waals surface area contributed by atoms with Gasteiger partial charge in [0.15, 0.2) is 15.3 Å². The number of hydrogen-bond donors (Lipinski definition) is 2. The van der Waals surface area contributed by atoms with Crippen molar-refractivity contribution in [2.24, 2.45) is 0 Å². The first-order valence-corrected chi connectivity index (χ1v) is 18.3. The Morgan fingerprint density at radius 1 is 0.812 bits per heavy atom. The standard InChI is InChI=1S/C37H36N6O2S3/c1-23-11-17-29(24(2)19-23)39-33(45)22-47-36-40-30-18-16-27(20-31(30)48-36)38-32(44)21-46-35-42-41-34(43(35)28-9-7-6-8-10-28)25-12-14-26(15-13-25)37(3,4)5/h6-20H,21-22H2,1-5H3,(H,38,44)(H,39,45). The molecule has 0 saturated heterocycles. The van der Waals surface area contributed by atoms with Crippen LogP contribution in [0.2, 0.25) is 0 Å². The lowest BCUT2D eigenvalue weighted by Gasteiger charge is -2.19. The number of anilines is 2. The van der Waals surface area contributed by atoms with Crippen LogP contribution in [-0.2, 0) is 15.0 Å². The van der Waals surface area contributed by atoms with E-state index in [0.717, 1.165) is 48.4 Å². The van der Waals surface area contributed by atoms with Crippen LogP contribution in [0.4, 0.5) is 11.4 Å². The average molecular weight is 693 g/mol. The number of benzene rings is 4. The molecule has 2 N–H and O–H groups in total. The number of thiazole rings is 1. The minimum atomic E-state index is -0.153. The summed E-state index contributed by atoms with van der Waals surface area (Å²) in [6.45, 7) is 10.6. The molecule has 2 heterocycles. The highest BCUT2D eigenvalue weighted by Crippen LogP contribution is 2.33. The van der Waals surface area contributed by atoms with Gasteiger partial charge in [0.05, 0.1) is 21.7 Å². The van der Waals surface area contributed by atoms with Gasteiger partial charge in [-0.05, 0) is 66.8 Å². The third kappa shape index (κ3) is 7.98. The topological polar surface area (TPSA) is 102 Å². The molecule has 0 fully saturated rings. The molecule has 0 atom stereocenters. The van der Waals surface area contributed by atoms with Gasteiger partial charge in [0, 0.05) is 22.6 Å². The minimum Gasteiger partial charge on any atom is -0.325 e. The Bertz CT molecular complexity index is 2080. The van der Waals surface area contributed by atoms with Crippen molar-refractivity contribution in [3.8, 4) is 17.1 Å². The maximum absolute atomic E-state index is 13.1. The zero-order valence-corrected chi connectivity index (χ0v) is 29.9. The highest BCUT2D eigenvalue weighted by atomic mass is 32.2. The smallest absolute Gasteiger partial charge is 0.234 e. The van der Waals surface area contributed by atoms with E-state index >= 15 is 0 Å². The summed E-state index contributed by atoms with van der Waals surface area (Å²) in [4.78, 5) is 30.4. The predicted molar refractivity (Wildman–Crippen MR) is 200 cm³/mol. The molecule has 0 saturated carbocycles. The number of thioether (sulfide) groups is 2. The number of nitrogens with one attached hydrogen (secondary N) is 2. The van der Waals surface area contributed by atoms with Gasteiger partial charge in [0.1, 0.15) is 0 Å². The van der Waals surface area contributed by atoms with Gasteiger partial charge in [-0.3, -0.25) is 14.2 Å². The van der Waals surface area contributed by atoms with Crippen LogP contribution in [0, 0.1) is 13.8 Å². The summed E-state index contributed by atoms with van der Waals surface area (Å²) in [7, 11) is 0. The van der Waals surface area contributed by atoms with E-state index < -0.39 is 0 Å². The van der Waals surface area contributed by atoms with E-state index in [2.05, 4.69) is 70.9 Å². The Kier molecular flexibility index (Phi) is 10.00. The van der Waals surface area contributed by atoms with Gasteiger partial charge in [-0.2, -0.15) is 0 Å². The van der Waals surface area contributed by atoms with E-state index in [1.165, 1.54) is 40.4 Å². The van der Waals surface area contributed by atoms with Gasteiger partial charge >= 0.3 is 0 Å². The largest absolute Gasteiger partial charge is 0.325 e. The van der Waals surface area contributed by atoms with E-state index in [4.69, 9.17) is 0 Å². The van der Waals surface area contributed by atoms with Crippen molar-refractivity contribution in [1.82, 2.24) is 19.7 Å². The van der Waals surface area contributed by atoms with Crippen LogP contribution in [0.25, 0.3) is 27.3 Å². The highest BCUT2D eigenvalue weighted by molar-refractivity contribution is 8.01. The van der Waals surface area contributed by atoms with Gasteiger partial charge in [-0.1, -0.05) is 104 Å². The van der Waals surface area contributed by atoms with Gasteiger partial charge in [0.25, 0.3) is 0 Å². The van der Waals surface area contributed by atoms with Crippen LogP contribution in [0.5, 0.6) is 0 Å².